The summed E-state index contributed by atoms with van der Waals surface area (Å²) in [5, 5.41) is 25.7. The average molecular weight is 742 g/mol. The van der Waals surface area contributed by atoms with Crippen LogP contribution in [0.15, 0.2) is 90.3 Å². The summed E-state index contributed by atoms with van der Waals surface area (Å²) in [5.74, 6) is -3.71. The smallest absolute Gasteiger partial charge is 0.326 e. The van der Waals surface area contributed by atoms with Crippen molar-refractivity contribution in [3.05, 3.63) is 107 Å². The summed E-state index contributed by atoms with van der Waals surface area (Å²) in [6.07, 6.45) is 2.54. The van der Waals surface area contributed by atoms with Crippen molar-refractivity contribution in [1.29, 1.82) is 0 Å². The lowest BCUT2D eigenvalue weighted by Crippen LogP contribution is -2.59. The van der Waals surface area contributed by atoms with Crippen LogP contribution < -0.4 is 31.3 Å². The summed E-state index contributed by atoms with van der Waals surface area (Å²) in [5.41, 5.74) is 2.38. The molecule has 0 fully saturated rings. The molecule has 0 saturated heterocycles. The Hall–Kier alpha value is -5.63. The molecule has 5 atom stereocenters. The highest BCUT2D eigenvalue weighted by atomic mass is 32.2. The van der Waals surface area contributed by atoms with Crippen molar-refractivity contribution in [3.8, 4) is 5.75 Å². The van der Waals surface area contributed by atoms with Gasteiger partial charge in [0.1, 0.15) is 29.9 Å². The zero-order chi connectivity index (χ0) is 37.7. The zero-order valence-electron chi connectivity index (χ0n) is 29.2. The van der Waals surface area contributed by atoms with Crippen molar-refractivity contribution in [2.24, 2.45) is 0 Å². The molecule has 6 N–H and O–H groups in total. The second-order valence-corrected chi connectivity index (χ2v) is 14.1. The number of anilines is 1. The number of methoxy groups -OCH3 is 1. The van der Waals surface area contributed by atoms with Crippen molar-refractivity contribution in [3.63, 3.8) is 0 Å². The standard InChI is InChI=1S/C39H43N5O8S/c1-52-28-10-5-9-26(19-28)22-31-36(47)42-30(20-24-7-3-2-4-8-24)37(48)44-33(39(50)51)21-25-12-14-27(15-13-25)40-34(45)16-17-35(46)41-32(38(49)43-31)23-29-11-6-18-53-29/h2-10,12-15,18-19,29-33H,11,16-17,20-23H2,1H3,(H,40,45)(H,41,46)(H,42,47)(H,43,49)(H,44,48)(H,50,51)/t29?,30-,31+,32-,33+/m1/s1. The molecular weight excluding hydrogens is 699 g/mol. The van der Waals surface area contributed by atoms with E-state index in [1.165, 1.54) is 18.9 Å². The van der Waals surface area contributed by atoms with Gasteiger partial charge in [0, 0.05) is 43.0 Å². The van der Waals surface area contributed by atoms with Crippen LogP contribution in [0, 0.1) is 0 Å². The first-order valence-corrected chi connectivity index (χ1v) is 18.3. The molecule has 14 heteroatoms. The summed E-state index contributed by atoms with van der Waals surface area (Å²) >= 11 is 1.53. The number of amides is 5. The summed E-state index contributed by atoms with van der Waals surface area (Å²) in [6, 6.07) is 17.6. The van der Waals surface area contributed by atoms with Gasteiger partial charge in [0.25, 0.3) is 0 Å². The molecule has 3 aromatic carbocycles. The molecule has 1 unspecified atom stereocenters. The molecule has 2 bridgehead atoms. The average Bonchev–Trinajstić information content (AvgIpc) is 3.67. The van der Waals surface area contributed by atoms with Crippen molar-refractivity contribution in [2.45, 2.75) is 74.4 Å². The maximum absolute atomic E-state index is 14.2. The van der Waals surface area contributed by atoms with Crippen molar-refractivity contribution >= 4 is 53.0 Å². The minimum absolute atomic E-state index is 0.00131. The van der Waals surface area contributed by atoms with Crippen LogP contribution in [-0.2, 0) is 48.0 Å². The van der Waals surface area contributed by atoms with Gasteiger partial charge >= 0.3 is 5.97 Å². The van der Waals surface area contributed by atoms with Gasteiger partial charge < -0.3 is 36.4 Å². The first kappa shape index (κ1) is 38.6. The number of nitrogens with one attached hydrogen (secondary N) is 5. The first-order valence-electron chi connectivity index (χ1n) is 17.4. The van der Waals surface area contributed by atoms with Crippen LogP contribution in [0.1, 0.15) is 42.4 Å². The SMILES string of the molecule is COc1cccc(C[C@@H]2NC(=O)[C@@H](CC3CC=CS3)NC(=O)CCC(=O)Nc3ccc(cc3)C[C@@H](C(=O)O)NC(=O)[C@@H](Cc3ccccc3)NC2=O)c1. The van der Waals surface area contributed by atoms with Gasteiger partial charge in [-0.3, -0.25) is 24.0 Å². The number of allylic oxidation sites excluding steroid dienone is 1. The summed E-state index contributed by atoms with van der Waals surface area (Å²) in [7, 11) is 1.51. The van der Waals surface area contributed by atoms with Crippen LogP contribution >= 0.6 is 11.8 Å². The molecule has 0 aliphatic carbocycles. The topological polar surface area (TPSA) is 192 Å². The third kappa shape index (κ3) is 11.7. The Labute approximate surface area is 311 Å². The molecule has 3 aliphatic rings. The van der Waals surface area contributed by atoms with Crippen LogP contribution in [-0.4, -0.2) is 77.1 Å². The number of hydrogen-bond donors (Lipinski definition) is 6. The molecule has 0 aromatic heterocycles. The minimum Gasteiger partial charge on any atom is -0.497 e. The number of fused-ring (bicyclic) bond motifs is 18. The van der Waals surface area contributed by atoms with E-state index in [1.807, 2.05) is 17.6 Å². The number of carboxylic acid groups (broad SMARTS) is 1. The van der Waals surface area contributed by atoms with Crippen LogP contribution in [0.5, 0.6) is 5.75 Å². The molecule has 0 spiro atoms. The lowest BCUT2D eigenvalue weighted by Gasteiger charge is -2.27. The Kier molecular flexibility index (Phi) is 13.6. The molecule has 0 radical (unpaired) electrons. The Bertz CT molecular complexity index is 1810. The number of carbonyl (C=O) groups is 6. The summed E-state index contributed by atoms with van der Waals surface area (Å²) in [6.45, 7) is 0. The number of carbonyl (C=O) groups excluding carboxylic acids is 5. The van der Waals surface area contributed by atoms with Crippen LogP contribution in [0.25, 0.3) is 0 Å². The fourth-order valence-electron chi connectivity index (χ4n) is 6.07. The second-order valence-electron chi connectivity index (χ2n) is 12.9. The van der Waals surface area contributed by atoms with Gasteiger partial charge in [-0.15, -0.1) is 11.8 Å². The normalized spacial score (nSPS) is 23.1. The lowest BCUT2D eigenvalue weighted by molar-refractivity contribution is -0.142. The lowest BCUT2D eigenvalue weighted by atomic mass is 10.0. The van der Waals surface area contributed by atoms with Crippen molar-refractivity contribution in [1.82, 2.24) is 21.3 Å². The van der Waals surface area contributed by atoms with E-state index in [9.17, 15) is 33.9 Å². The Morgan fingerprint density at radius 3 is 2.06 bits per heavy atom. The minimum atomic E-state index is -1.35. The zero-order valence-corrected chi connectivity index (χ0v) is 30.0. The number of carboxylic acids is 1. The highest BCUT2D eigenvalue weighted by Crippen LogP contribution is 2.28. The maximum atomic E-state index is 14.2. The quantitative estimate of drug-likeness (QED) is 0.189. The largest absolute Gasteiger partial charge is 0.497 e. The number of rotatable bonds is 8. The monoisotopic (exact) mass is 741 g/mol. The van der Waals surface area contributed by atoms with Crippen LogP contribution in [0.3, 0.4) is 0 Å². The van der Waals surface area contributed by atoms with E-state index in [0.29, 0.717) is 34.5 Å². The fourth-order valence-corrected chi connectivity index (χ4v) is 7.04. The molecule has 3 aromatic rings. The van der Waals surface area contributed by atoms with Gasteiger partial charge in [-0.2, -0.15) is 0 Å². The number of aliphatic carboxylic acids is 1. The number of thioether (sulfide) groups is 1. The van der Waals surface area contributed by atoms with E-state index < -0.39 is 59.7 Å². The molecule has 3 heterocycles. The molecule has 6 rings (SSSR count). The molecule has 53 heavy (non-hydrogen) atoms. The number of hydrogen-bond acceptors (Lipinski definition) is 8. The van der Waals surface area contributed by atoms with Gasteiger partial charge in [0.05, 0.1) is 7.11 Å². The molecule has 13 nitrogen and oxygen atoms in total. The maximum Gasteiger partial charge on any atom is 0.326 e. The van der Waals surface area contributed by atoms with E-state index in [4.69, 9.17) is 4.74 Å². The van der Waals surface area contributed by atoms with Crippen LogP contribution in [0.4, 0.5) is 5.69 Å². The highest BCUT2D eigenvalue weighted by Gasteiger charge is 2.33. The third-order valence-corrected chi connectivity index (χ3v) is 10.0. The van der Waals surface area contributed by atoms with Gasteiger partial charge in [-0.05, 0) is 59.2 Å². The van der Waals surface area contributed by atoms with E-state index in [0.717, 1.165) is 0 Å². The third-order valence-electron chi connectivity index (χ3n) is 8.91. The molecule has 3 aliphatic heterocycles. The Balaban J connectivity index is 1.49. The molecule has 5 amide bonds. The van der Waals surface area contributed by atoms with Crippen molar-refractivity contribution in [2.75, 3.05) is 12.4 Å². The fraction of sp³-hybridized carbons (Fsp3) is 0.333. The molecular formula is C39H43N5O8S. The van der Waals surface area contributed by atoms with E-state index in [1.54, 1.807) is 72.8 Å². The van der Waals surface area contributed by atoms with E-state index >= 15 is 0 Å². The van der Waals surface area contributed by atoms with E-state index in [-0.39, 0.29) is 43.8 Å². The van der Waals surface area contributed by atoms with Gasteiger partial charge in [0.2, 0.25) is 29.5 Å². The predicted molar refractivity (Wildman–Crippen MR) is 200 cm³/mol. The van der Waals surface area contributed by atoms with Gasteiger partial charge in [0.15, 0.2) is 0 Å². The second kappa shape index (κ2) is 18.7. The van der Waals surface area contributed by atoms with Crippen LogP contribution in [0.2, 0.25) is 0 Å². The van der Waals surface area contributed by atoms with Gasteiger partial charge in [-0.25, -0.2) is 4.79 Å². The van der Waals surface area contributed by atoms with Crippen molar-refractivity contribution < 1.29 is 38.6 Å². The Morgan fingerprint density at radius 1 is 0.755 bits per heavy atom. The molecule has 0 saturated carbocycles. The van der Waals surface area contributed by atoms with Gasteiger partial charge in [-0.1, -0.05) is 60.7 Å². The number of benzene rings is 3. The molecule has 278 valence electrons. The first-order chi connectivity index (χ1) is 25.6. The number of ether oxygens (including phenoxy) is 1. The predicted octanol–water partition coefficient (Wildman–Crippen LogP) is 2.89. The summed E-state index contributed by atoms with van der Waals surface area (Å²) < 4.78 is 5.37. The van der Waals surface area contributed by atoms with E-state index in [2.05, 4.69) is 26.6 Å². The highest BCUT2D eigenvalue weighted by molar-refractivity contribution is 8.03. The summed E-state index contributed by atoms with van der Waals surface area (Å²) in [4.78, 5) is 80.4. The Morgan fingerprint density at radius 2 is 1.40 bits per heavy atom.